The SMILES string of the molecule is CN(C)c1cc(NCc2ccc([N+](=O)[O-])cc2)c(O)c2c1C[C@@]1(N)C[C@@]3(N)[C@H](N(C)C)C(=O)C(C(N)=O)C(=O)[C@@]3(C#N)C(=O)C1C2=O. The van der Waals surface area contributed by atoms with Crippen LogP contribution in [0.15, 0.2) is 30.3 Å². The molecule has 16 heteroatoms. The van der Waals surface area contributed by atoms with E-state index < -0.39 is 80.5 Å². The van der Waals surface area contributed by atoms with Crippen LogP contribution < -0.4 is 27.4 Å². The van der Waals surface area contributed by atoms with Crippen molar-refractivity contribution in [3.8, 4) is 11.8 Å². The lowest BCUT2D eigenvalue weighted by Gasteiger charge is -2.60. The van der Waals surface area contributed by atoms with Gasteiger partial charge in [-0.25, -0.2) is 0 Å². The number of nitro groups is 1. The lowest BCUT2D eigenvalue weighted by atomic mass is 9.42. The molecule has 0 spiro atoms. The number of nitriles is 1. The van der Waals surface area contributed by atoms with Crippen molar-refractivity contribution in [2.75, 3.05) is 38.4 Å². The Morgan fingerprint density at radius 3 is 2.26 bits per heavy atom. The molecule has 2 saturated carbocycles. The number of hydrogen-bond acceptors (Lipinski definition) is 14. The number of hydrogen-bond donors (Lipinski definition) is 5. The maximum absolute atomic E-state index is 14.6. The van der Waals surface area contributed by atoms with Crippen LogP contribution in [0.5, 0.6) is 5.75 Å². The number of likely N-dealkylation sites (N-methyl/N-ethyl adjacent to an activating group) is 1. The van der Waals surface area contributed by atoms with Crippen LogP contribution in [-0.2, 0) is 32.1 Å². The summed E-state index contributed by atoms with van der Waals surface area (Å²) >= 11 is 0. The minimum atomic E-state index is -2.85. The Hall–Kier alpha value is -5.24. The minimum Gasteiger partial charge on any atom is -0.505 e. The van der Waals surface area contributed by atoms with Gasteiger partial charge in [0.1, 0.15) is 11.7 Å². The summed E-state index contributed by atoms with van der Waals surface area (Å²) in [6.07, 6.45) is -0.731. The van der Waals surface area contributed by atoms with Crippen molar-refractivity contribution in [3.05, 3.63) is 57.1 Å². The summed E-state index contributed by atoms with van der Waals surface area (Å²) in [5.41, 5.74) is 13.4. The molecule has 5 rings (SSSR count). The first-order valence-corrected chi connectivity index (χ1v) is 14.5. The van der Waals surface area contributed by atoms with Gasteiger partial charge < -0.3 is 32.5 Å². The number of rotatable bonds is 7. The number of anilines is 2. The summed E-state index contributed by atoms with van der Waals surface area (Å²) in [5, 5.41) is 36.1. The molecule has 6 atom stereocenters. The third-order valence-corrected chi connectivity index (χ3v) is 9.68. The van der Waals surface area contributed by atoms with Gasteiger partial charge in [0.15, 0.2) is 34.5 Å². The second-order valence-corrected chi connectivity index (χ2v) is 12.9. The Bertz CT molecular complexity index is 1820. The minimum absolute atomic E-state index is 0.0881. The molecule has 246 valence electrons. The predicted octanol–water partition coefficient (Wildman–Crippen LogP) is -0.605. The van der Waals surface area contributed by atoms with E-state index in [1.807, 2.05) is 0 Å². The van der Waals surface area contributed by atoms with Crippen molar-refractivity contribution in [1.82, 2.24) is 4.90 Å². The molecule has 0 aliphatic heterocycles. The number of carbonyl (C=O) groups is 5. The molecule has 1 amide bonds. The molecule has 0 heterocycles. The maximum Gasteiger partial charge on any atom is 0.269 e. The van der Waals surface area contributed by atoms with Crippen molar-refractivity contribution in [1.29, 1.82) is 5.26 Å². The van der Waals surface area contributed by atoms with Gasteiger partial charge in [-0.2, -0.15) is 5.26 Å². The lowest BCUT2D eigenvalue weighted by Crippen LogP contribution is -2.85. The molecule has 2 aromatic carbocycles. The number of amides is 1. The Morgan fingerprint density at radius 2 is 1.74 bits per heavy atom. The summed E-state index contributed by atoms with van der Waals surface area (Å²) in [6, 6.07) is 7.45. The highest BCUT2D eigenvalue weighted by Gasteiger charge is 2.78. The lowest BCUT2D eigenvalue weighted by molar-refractivity contribution is -0.384. The van der Waals surface area contributed by atoms with Crippen molar-refractivity contribution >= 4 is 46.1 Å². The fourth-order valence-electron chi connectivity index (χ4n) is 7.72. The second kappa shape index (κ2) is 10.9. The zero-order valence-electron chi connectivity index (χ0n) is 26.1. The van der Waals surface area contributed by atoms with Crippen molar-refractivity contribution < 1.29 is 34.0 Å². The number of nitrogens with one attached hydrogen (secondary N) is 1. The zero-order valence-corrected chi connectivity index (χ0v) is 26.1. The number of benzene rings is 2. The largest absolute Gasteiger partial charge is 0.505 e. The third-order valence-electron chi connectivity index (χ3n) is 9.68. The van der Waals surface area contributed by atoms with E-state index in [0.29, 0.717) is 11.3 Å². The predicted molar refractivity (Wildman–Crippen MR) is 166 cm³/mol. The van der Waals surface area contributed by atoms with Gasteiger partial charge in [-0.3, -0.25) is 39.0 Å². The second-order valence-electron chi connectivity index (χ2n) is 12.9. The molecule has 2 fully saturated rings. The van der Waals surface area contributed by atoms with Crippen LogP contribution in [0.4, 0.5) is 17.1 Å². The normalized spacial score (nSPS) is 29.8. The number of Topliss-reactive ketones (excluding diaryl/α,β-unsaturated/α-hetero) is 4. The number of non-ortho nitro benzene ring substituents is 1. The average molecular weight is 647 g/mol. The third kappa shape index (κ3) is 4.49. The van der Waals surface area contributed by atoms with Gasteiger partial charge in [-0.05, 0) is 44.1 Å². The number of fused-ring (bicyclic) bond motifs is 3. The Kier molecular flexibility index (Phi) is 7.71. The molecular formula is C31H34N8O8. The van der Waals surface area contributed by atoms with Gasteiger partial charge in [0.2, 0.25) is 5.91 Å². The van der Waals surface area contributed by atoms with Gasteiger partial charge >= 0.3 is 0 Å². The van der Waals surface area contributed by atoms with Crippen LogP contribution in [-0.4, -0.2) is 89.3 Å². The number of nitrogens with zero attached hydrogens (tertiary/aromatic N) is 4. The highest BCUT2D eigenvalue weighted by molar-refractivity contribution is 6.33. The van der Waals surface area contributed by atoms with E-state index in [4.69, 9.17) is 17.2 Å². The molecule has 2 unspecified atom stereocenters. The van der Waals surface area contributed by atoms with E-state index in [2.05, 4.69) is 5.32 Å². The van der Waals surface area contributed by atoms with Crippen LogP contribution in [0.25, 0.3) is 0 Å². The van der Waals surface area contributed by atoms with Gasteiger partial charge in [0, 0.05) is 44.0 Å². The first-order valence-electron chi connectivity index (χ1n) is 14.5. The standard InChI is InChI=1S/C31H34N8O8/c1-37(2)18-9-17(36-11-14-5-7-15(8-6-14)39(46)47)22(40)19-16(18)10-29(34)12-31(35)25(38(3)4)24(42)20(28(33)45)26(43)30(31,13-32)27(44)21(29)23(19)41/h5-9,20-21,25,36,40H,10-12,34-35H2,1-4H3,(H2,33,45)/t20?,21?,25-,29-,30+,31-/m1/s1. The first-order chi connectivity index (χ1) is 21.9. The molecule has 3 aliphatic rings. The topological polar surface area (TPSA) is 269 Å². The van der Waals surface area contributed by atoms with E-state index in [1.54, 1.807) is 31.1 Å². The molecule has 2 aromatic rings. The van der Waals surface area contributed by atoms with E-state index in [-0.39, 0.29) is 35.5 Å². The maximum atomic E-state index is 14.6. The molecule has 47 heavy (non-hydrogen) atoms. The number of nitrogens with two attached hydrogens (primary N) is 3. The summed E-state index contributed by atoms with van der Waals surface area (Å²) in [7, 11) is 6.24. The number of primary amides is 1. The number of phenols is 1. The Balaban J connectivity index is 1.66. The molecule has 8 N–H and O–H groups in total. The molecule has 0 aromatic heterocycles. The van der Waals surface area contributed by atoms with E-state index in [0.717, 1.165) is 0 Å². The summed E-state index contributed by atoms with van der Waals surface area (Å²) in [6.45, 7) is 0.0881. The van der Waals surface area contributed by atoms with Crippen LogP contribution in [0.2, 0.25) is 0 Å². The smallest absolute Gasteiger partial charge is 0.269 e. The van der Waals surface area contributed by atoms with Gasteiger partial charge in [-0.15, -0.1) is 0 Å². The number of phenolic OH excluding ortho intramolecular Hbond substituents is 1. The molecular weight excluding hydrogens is 612 g/mol. The first kappa shape index (κ1) is 33.1. The summed E-state index contributed by atoms with van der Waals surface area (Å²) < 4.78 is 0. The number of aromatic hydroxyl groups is 1. The highest BCUT2D eigenvalue weighted by Crippen LogP contribution is 2.57. The van der Waals surface area contributed by atoms with Crippen LogP contribution >= 0.6 is 0 Å². The highest BCUT2D eigenvalue weighted by atomic mass is 16.6. The van der Waals surface area contributed by atoms with Crippen LogP contribution in [0, 0.1) is 38.7 Å². The summed E-state index contributed by atoms with van der Waals surface area (Å²) in [4.78, 5) is 82.3. The van der Waals surface area contributed by atoms with Crippen molar-refractivity contribution in [3.63, 3.8) is 0 Å². The molecule has 16 nitrogen and oxygen atoms in total. The van der Waals surface area contributed by atoms with Gasteiger partial charge in [0.25, 0.3) is 5.69 Å². The molecule has 0 bridgehead atoms. The van der Waals surface area contributed by atoms with Crippen molar-refractivity contribution in [2.24, 2.45) is 34.5 Å². The van der Waals surface area contributed by atoms with E-state index >= 15 is 0 Å². The Labute approximate surface area is 268 Å². The molecule has 3 aliphatic carbocycles. The monoisotopic (exact) mass is 646 g/mol. The molecule has 0 saturated heterocycles. The fourth-order valence-corrected chi connectivity index (χ4v) is 7.72. The van der Waals surface area contributed by atoms with E-state index in [1.165, 1.54) is 43.3 Å². The van der Waals surface area contributed by atoms with Gasteiger partial charge in [0.05, 0.1) is 33.8 Å². The zero-order chi connectivity index (χ0) is 35.0. The summed E-state index contributed by atoms with van der Waals surface area (Å²) in [5.74, 6) is -10.5. The van der Waals surface area contributed by atoms with Crippen molar-refractivity contribution in [2.45, 2.75) is 36.5 Å². The van der Waals surface area contributed by atoms with Gasteiger partial charge in [-0.1, -0.05) is 12.1 Å². The molecule has 0 radical (unpaired) electrons. The number of carbonyl (C=O) groups excluding carboxylic acids is 5. The van der Waals surface area contributed by atoms with Crippen LogP contribution in [0.3, 0.4) is 0 Å². The fraction of sp³-hybridized carbons (Fsp3) is 0.419. The quantitative estimate of drug-likeness (QED) is 0.109. The Morgan fingerprint density at radius 1 is 1.13 bits per heavy atom. The number of ketones is 4. The van der Waals surface area contributed by atoms with Crippen LogP contribution in [0.1, 0.15) is 27.9 Å². The number of nitro benzene ring substituents is 1. The average Bonchev–Trinajstić information content (AvgIpc) is 2.95. The van der Waals surface area contributed by atoms with E-state index in [9.17, 15) is 44.5 Å².